The van der Waals surface area contributed by atoms with Crippen molar-refractivity contribution >= 4 is 17.7 Å². The summed E-state index contributed by atoms with van der Waals surface area (Å²) in [6.45, 7) is 6.79. The fraction of sp³-hybridized carbons (Fsp3) is 0.679. The summed E-state index contributed by atoms with van der Waals surface area (Å²) >= 11 is 0. The summed E-state index contributed by atoms with van der Waals surface area (Å²) in [5.41, 5.74) is -0.848. The number of benzene rings is 1. The van der Waals surface area contributed by atoms with Crippen molar-refractivity contribution in [3.8, 4) is 0 Å². The Balaban J connectivity index is 1.74. The first-order chi connectivity index (χ1) is 17.4. The van der Waals surface area contributed by atoms with Crippen molar-refractivity contribution in [1.29, 1.82) is 0 Å². The third-order valence-corrected chi connectivity index (χ3v) is 8.45. The van der Waals surface area contributed by atoms with Crippen LogP contribution in [0.3, 0.4) is 0 Å². The third kappa shape index (κ3) is 4.32. The molecule has 1 aromatic carbocycles. The molecule has 8 nitrogen and oxygen atoms in total. The molecule has 8 heteroatoms. The number of hydrogen-bond donors (Lipinski definition) is 3. The average molecular weight is 500 g/mol. The van der Waals surface area contributed by atoms with Gasteiger partial charge >= 0.3 is 0 Å². The summed E-state index contributed by atoms with van der Waals surface area (Å²) in [7, 11) is 0. The number of unbranched alkanes of at least 4 members (excludes halogenated alkanes) is 1. The number of likely N-dealkylation sites (tertiary alicyclic amines) is 1. The largest absolute Gasteiger partial charge is 0.394 e. The molecule has 3 aliphatic rings. The number of hydrogen-bond acceptors (Lipinski definition) is 5. The first-order valence-corrected chi connectivity index (χ1v) is 13.6. The van der Waals surface area contributed by atoms with Gasteiger partial charge in [0.25, 0.3) is 0 Å². The molecule has 3 saturated heterocycles. The minimum Gasteiger partial charge on any atom is -0.394 e. The van der Waals surface area contributed by atoms with Crippen LogP contribution >= 0.6 is 0 Å². The molecule has 1 spiro atoms. The molecule has 2 bridgehead atoms. The molecule has 3 N–H and O–H groups in total. The Morgan fingerprint density at radius 1 is 1.08 bits per heavy atom. The van der Waals surface area contributed by atoms with E-state index in [-0.39, 0.29) is 24.3 Å². The zero-order valence-electron chi connectivity index (χ0n) is 21.8. The van der Waals surface area contributed by atoms with Gasteiger partial charge in [0.05, 0.1) is 30.1 Å². The molecule has 198 valence electrons. The van der Waals surface area contributed by atoms with Gasteiger partial charge in [0.1, 0.15) is 11.6 Å². The van der Waals surface area contributed by atoms with E-state index in [9.17, 15) is 19.5 Å². The van der Waals surface area contributed by atoms with Crippen LogP contribution in [0.25, 0.3) is 0 Å². The highest BCUT2D eigenvalue weighted by Crippen LogP contribution is 2.64. The van der Waals surface area contributed by atoms with Crippen LogP contribution in [0.5, 0.6) is 0 Å². The fourth-order valence-electron chi connectivity index (χ4n) is 6.73. The zero-order valence-corrected chi connectivity index (χ0v) is 21.8. The topological polar surface area (TPSA) is 108 Å². The lowest BCUT2D eigenvalue weighted by Gasteiger charge is -2.37. The maximum absolute atomic E-state index is 14.2. The van der Waals surface area contributed by atoms with Crippen molar-refractivity contribution in [2.45, 2.75) is 89.0 Å². The molecule has 0 aromatic heterocycles. The smallest absolute Gasteiger partial charge is 0.245 e. The highest BCUT2D eigenvalue weighted by atomic mass is 16.5. The Bertz CT molecular complexity index is 956. The van der Waals surface area contributed by atoms with Crippen LogP contribution in [0.2, 0.25) is 0 Å². The quantitative estimate of drug-likeness (QED) is 0.382. The fourth-order valence-corrected chi connectivity index (χ4v) is 6.73. The van der Waals surface area contributed by atoms with Crippen molar-refractivity contribution in [3.63, 3.8) is 0 Å². The summed E-state index contributed by atoms with van der Waals surface area (Å²) in [6, 6.07) is 8.18. The highest BCUT2D eigenvalue weighted by molar-refractivity contribution is 5.99. The zero-order chi connectivity index (χ0) is 25.9. The monoisotopic (exact) mass is 499 g/mol. The van der Waals surface area contributed by atoms with Crippen molar-refractivity contribution < 1.29 is 24.2 Å². The summed E-state index contributed by atoms with van der Waals surface area (Å²) in [6.07, 6.45) is 4.74. The Hall–Kier alpha value is -2.45. The number of ether oxygens (including phenoxy) is 1. The summed E-state index contributed by atoms with van der Waals surface area (Å²) < 4.78 is 6.75. The van der Waals surface area contributed by atoms with E-state index in [1.807, 2.05) is 44.2 Å². The van der Waals surface area contributed by atoms with Crippen LogP contribution in [-0.2, 0) is 25.5 Å². The lowest BCUT2D eigenvalue weighted by molar-refractivity contribution is -0.151. The molecule has 3 heterocycles. The molecule has 3 amide bonds. The van der Waals surface area contributed by atoms with Gasteiger partial charge in [0, 0.05) is 13.1 Å². The van der Waals surface area contributed by atoms with Gasteiger partial charge in [0.2, 0.25) is 17.7 Å². The van der Waals surface area contributed by atoms with Crippen LogP contribution in [0, 0.1) is 11.8 Å². The lowest BCUT2D eigenvalue weighted by Crippen LogP contribution is -2.58. The van der Waals surface area contributed by atoms with Gasteiger partial charge in [-0.2, -0.15) is 0 Å². The van der Waals surface area contributed by atoms with Crippen molar-refractivity contribution in [2.24, 2.45) is 11.8 Å². The normalized spacial score (nSPS) is 31.4. The molecular weight excluding hydrogens is 458 g/mol. The molecule has 4 rings (SSSR count). The van der Waals surface area contributed by atoms with E-state index in [0.717, 1.165) is 24.8 Å². The van der Waals surface area contributed by atoms with Gasteiger partial charge < -0.3 is 25.4 Å². The Morgan fingerprint density at radius 3 is 2.44 bits per heavy atom. The number of rotatable bonds is 12. The highest BCUT2D eigenvalue weighted by Gasteiger charge is 2.79. The summed E-state index contributed by atoms with van der Waals surface area (Å²) in [4.78, 5) is 43.0. The van der Waals surface area contributed by atoms with Crippen molar-refractivity contribution in [3.05, 3.63) is 35.9 Å². The summed E-state index contributed by atoms with van der Waals surface area (Å²) in [5.74, 6) is -2.08. The second kappa shape index (κ2) is 10.9. The number of carbonyl (C=O) groups is 3. The summed E-state index contributed by atoms with van der Waals surface area (Å²) in [5, 5.41) is 16.5. The van der Waals surface area contributed by atoms with E-state index in [4.69, 9.17) is 4.74 Å². The lowest BCUT2D eigenvalue weighted by atomic mass is 9.65. The average Bonchev–Trinajstić information content (AvgIpc) is 3.50. The Morgan fingerprint density at radius 2 is 1.81 bits per heavy atom. The van der Waals surface area contributed by atoms with Gasteiger partial charge in [-0.15, -0.1) is 0 Å². The minimum atomic E-state index is -1.07. The maximum Gasteiger partial charge on any atom is 0.245 e. The molecule has 1 aromatic rings. The predicted octanol–water partition coefficient (Wildman–Crippen LogP) is 2.19. The first kappa shape index (κ1) is 26.6. The Kier molecular flexibility index (Phi) is 8.05. The van der Waals surface area contributed by atoms with E-state index in [0.29, 0.717) is 38.8 Å². The van der Waals surface area contributed by atoms with Crippen LogP contribution in [-0.4, -0.2) is 70.7 Å². The van der Waals surface area contributed by atoms with Gasteiger partial charge in [0.15, 0.2) is 0 Å². The second-order valence-corrected chi connectivity index (χ2v) is 10.5. The number of amides is 3. The van der Waals surface area contributed by atoms with Crippen LogP contribution in [0.15, 0.2) is 30.3 Å². The van der Waals surface area contributed by atoms with Crippen LogP contribution in [0.4, 0.5) is 0 Å². The van der Waals surface area contributed by atoms with E-state index in [1.165, 1.54) is 0 Å². The maximum atomic E-state index is 14.2. The van der Waals surface area contributed by atoms with Gasteiger partial charge in [-0.05, 0) is 44.1 Å². The predicted molar refractivity (Wildman–Crippen MR) is 136 cm³/mol. The molecule has 3 aliphatic heterocycles. The van der Waals surface area contributed by atoms with E-state index >= 15 is 0 Å². The first-order valence-electron chi connectivity index (χ1n) is 13.6. The molecule has 2 unspecified atom stereocenters. The number of aliphatic hydroxyl groups excluding tert-OH is 1. The van der Waals surface area contributed by atoms with E-state index < -0.39 is 35.1 Å². The molecule has 36 heavy (non-hydrogen) atoms. The molecule has 0 radical (unpaired) electrons. The second-order valence-electron chi connectivity index (χ2n) is 10.5. The number of fused-ring (bicyclic) bond motifs is 1. The van der Waals surface area contributed by atoms with Gasteiger partial charge in [-0.1, -0.05) is 57.5 Å². The van der Waals surface area contributed by atoms with E-state index in [2.05, 4.69) is 17.6 Å². The van der Waals surface area contributed by atoms with Crippen LogP contribution < -0.4 is 10.6 Å². The van der Waals surface area contributed by atoms with Gasteiger partial charge in [-0.25, -0.2) is 0 Å². The Labute approximate surface area is 214 Å². The van der Waals surface area contributed by atoms with Crippen molar-refractivity contribution in [2.75, 3.05) is 19.7 Å². The van der Waals surface area contributed by atoms with Crippen LogP contribution in [0.1, 0.15) is 64.9 Å². The number of nitrogens with one attached hydrogen (secondary N) is 2. The number of nitrogens with zero attached hydrogens (tertiary/aromatic N) is 1. The SMILES string of the molecule is CCCCNC(=O)C1N([C@@H](CO)Cc2ccccc2)C(=O)[C@@H]2[C@H](C(=O)NCCC)[C@]3(CC)CCC12O3. The molecule has 0 aliphatic carbocycles. The standard InChI is InChI=1S/C28H41N3O5/c1-4-7-16-30-25(34)23-28-14-13-27(6-3,36-28)21(24(33)29-15-5-2)22(28)26(35)31(23)20(18-32)17-19-11-9-8-10-12-19/h8-12,20-23,32H,4-7,13-18H2,1-3H3,(H,29,33)(H,30,34)/t20-,21-,22+,23?,27+,28?/m1/s1. The number of aliphatic hydroxyl groups is 1. The molecule has 6 atom stereocenters. The molecule has 3 fully saturated rings. The minimum absolute atomic E-state index is 0.172. The number of carbonyl (C=O) groups excluding carboxylic acids is 3. The van der Waals surface area contributed by atoms with E-state index in [1.54, 1.807) is 4.90 Å². The molecule has 0 saturated carbocycles. The molecular formula is C28H41N3O5. The van der Waals surface area contributed by atoms with Gasteiger partial charge in [-0.3, -0.25) is 14.4 Å². The third-order valence-electron chi connectivity index (χ3n) is 8.45. The van der Waals surface area contributed by atoms with Crippen molar-refractivity contribution in [1.82, 2.24) is 15.5 Å².